The Morgan fingerprint density at radius 3 is 2.75 bits per heavy atom. The number of hydrogen-bond acceptors (Lipinski definition) is 3. The zero-order chi connectivity index (χ0) is 9.14. The van der Waals surface area contributed by atoms with Crippen molar-refractivity contribution in [1.82, 2.24) is 4.90 Å². The zero-order valence-corrected chi connectivity index (χ0v) is 7.88. The van der Waals surface area contributed by atoms with Gasteiger partial charge in [0.25, 0.3) is 0 Å². The maximum Gasteiger partial charge on any atom is 0.196 e. The molecule has 0 radical (unpaired) electrons. The lowest BCUT2D eigenvalue weighted by atomic mass is 10.1. The normalized spacial score (nSPS) is 23.2. The fourth-order valence-corrected chi connectivity index (χ4v) is 1.32. The molecule has 1 unspecified atom stereocenters. The first-order chi connectivity index (χ1) is 5.66. The Labute approximate surface area is 74.0 Å². The van der Waals surface area contributed by atoms with Gasteiger partial charge in [-0.3, -0.25) is 0 Å². The molecule has 0 aliphatic carbocycles. The summed E-state index contributed by atoms with van der Waals surface area (Å²) >= 11 is 0. The van der Waals surface area contributed by atoms with Gasteiger partial charge in [0.1, 0.15) is 0 Å². The molecule has 0 saturated heterocycles. The van der Waals surface area contributed by atoms with Crippen molar-refractivity contribution in [3.8, 4) is 0 Å². The minimum Gasteiger partial charge on any atom is -0.370 e. The predicted molar refractivity (Wildman–Crippen MR) is 51.8 cm³/mol. The summed E-state index contributed by atoms with van der Waals surface area (Å²) in [6, 6.07) is 0.231. The van der Waals surface area contributed by atoms with Gasteiger partial charge in [-0.05, 0) is 6.42 Å². The average molecular weight is 167 g/mol. The molecule has 3 heteroatoms. The molecular formula is C9H17N3. The molecule has 1 rings (SSSR count). The third-order valence-corrected chi connectivity index (χ3v) is 2.28. The van der Waals surface area contributed by atoms with Gasteiger partial charge in [-0.25, -0.2) is 4.99 Å². The van der Waals surface area contributed by atoms with Crippen molar-refractivity contribution in [2.45, 2.75) is 32.2 Å². The van der Waals surface area contributed by atoms with E-state index in [4.69, 9.17) is 5.73 Å². The molecule has 0 spiro atoms. The van der Waals surface area contributed by atoms with Crippen LogP contribution < -0.4 is 5.73 Å². The maximum absolute atomic E-state index is 5.65. The molecule has 1 atom stereocenters. The molecule has 1 heterocycles. The zero-order valence-electron chi connectivity index (χ0n) is 7.88. The smallest absolute Gasteiger partial charge is 0.196 e. The molecule has 2 N–H and O–H groups in total. The van der Waals surface area contributed by atoms with Gasteiger partial charge in [0.05, 0.1) is 6.04 Å². The standard InChI is InChI=1S/C9H17N3/c1-4-5-6-8-7(2)12(3)9(10)11-8/h8H,2,4-6H2,1,3H3,(H2,10,11). The van der Waals surface area contributed by atoms with Crippen LogP contribution in [-0.4, -0.2) is 23.9 Å². The van der Waals surface area contributed by atoms with Crippen molar-refractivity contribution in [3.05, 3.63) is 12.3 Å². The molecular weight excluding hydrogens is 150 g/mol. The third kappa shape index (κ3) is 1.60. The summed E-state index contributed by atoms with van der Waals surface area (Å²) in [7, 11) is 1.91. The first-order valence-corrected chi connectivity index (χ1v) is 4.42. The van der Waals surface area contributed by atoms with E-state index in [0.717, 1.165) is 12.1 Å². The van der Waals surface area contributed by atoms with Crippen LogP contribution in [0.5, 0.6) is 0 Å². The molecule has 0 amide bonds. The molecule has 68 valence electrons. The van der Waals surface area contributed by atoms with Crippen molar-refractivity contribution < 1.29 is 0 Å². The highest BCUT2D eigenvalue weighted by Crippen LogP contribution is 2.20. The predicted octanol–water partition coefficient (Wildman–Crippen LogP) is 1.32. The Balaban J connectivity index is 2.52. The summed E-state index contributed by atoms with van der Waals surface area (Å²) in [6.45, 7) is 6.13. The maximum atomic E-state index is 5.65. The Morgan fingerprint density at radius 2 is 2.33 bits per heavy atom. The quantitative estimate of drug-likeness (QED) is 0.688. The lowest BCUT2D eigenvalue weighted by Gasteiger charge is -2.14. The molecule has 3 nitrogen and oxygen atoms in total. The number of guanidine groups is 1. The fourth-order valence-electron chi connectivity index (χ4n) is 1.32. The van der Waals surface area contributed by atoms with E-state index in [2.05, 4.69) is 18.5 Å². The SMILES string of the molecule is C=C1C(CCCC)N=C(N)N1C. The second kappa shape index (κ2) is 3.61. The highest BCUT2D eigenvalue weighted by atomic mass is 15.3. The summed E-state index contributed by atoms with van der Waals surface area (Å²) in [4.78, 5) is 6.17. The number of nitrogens with zero attached hydrogens (tertiary/aromatic N) is 2. The second-order valence-electron chi connectivity index (χ2n) is 3.20. The van der Waals surface area contributed by atoms with Crippen molar-refractivity contribution in [2.75, 3.05) is 7.05 Å². The number of hydrogen-bond donors (Lipinski definition) is 1. The Kier molecular flexibility index (Phi) is 2.74. The van der Waals surface area contributed by atoms with E-state index in [-0.39, 0.29) is 6.04 Å². The van der Waals surface area contributed by atoms with E-state index in [1.165, 1.54) is 12.8 Å². The molecule has 0 aromatic heterocycles. The van der Waals surface area contributed by atoms with Gasteiger partial charge in [-0.15, -0.1) is 0 Å². The minimum absolute atomic E-state index is 0.231. The minimum atomic E-state index is 0.231. The first-order valence-electron chi connectivity index (χ1n) is 4.42. The molecule has 1 aliphatic heterocycles. The van der Waals surface area contributed by atoms with Gasteiger partial charge >= 0.3 is 0 Å². The molecule has 0 saturated carbocycles. The van der Waals surface area contributed by atoms with Gasteiger partial charge in [-0.2, -0.15) is 0 Å². The fraction of sp³-hybridized carbons (Fsp3) is 0.667. The van der Waals surface area contributed by atoms with Crippen LogP contribution in [0.3, 0.4) is 0 Å². The molecule has 1 aliphatic rings. The van der Waals surface area contributed by atoms with Crippen LogP contribution in [0.2, 0.25) is 0 Å². The Morgan fingerprint density at radius 1 is 1.67 bits per heavy atom. The van der Waals surface area contributed by atoms with Gasteiger partial charge in [0.15, 0.2) is 5.96 Å². The van der Waals surface area contributed by atoms with Crippen molar-refractivity contribution in [2.24, 2.45) is 10.7 Å². The Hall–Kier alpha value is -0.990. The van der Waals surface area contributed by atoms with Crippen LogP contribution in [0.1, 0.15) is 26.2 Å². The van der Waals surface area contributed by atoms with Gasteiger partial charge < -0.3 is 10.6 Å². The molecule has 0 aromatic carbocycles. The van der Waals surface area contributed by atoms with E-state index in [0.29, 0.717) is 5.96 Å². The van der Waals surface area contributed by atoms with E-state index < -0.39 is 0 Å². The largest absolute Gasteiger partial charge is 0.370 e. The van der Waals surface area contributed by atoms with Crippen LogP contribution in [0, 0.1) is 0 Å². The van der Waals surface area contributed by atoms with E-state index in [1.807, 2.05) is 11.9 Å². The third-order valence-electron chi connectivity index (χ3n) is 2.28. The van der Waals surface area contributed by atoms with Crippen LogP contribution in [0.4, 0.5) is 0 Å². The van der Waals surface area contributed by atoms with Gasteiger partial charge in [0, 0.05) is 12.7 Å². The summed E-state index contributed by atoms with van der Waals surface area (Å²) < 4.78 is 0. The lowest BCUT2D eigenvalue weighted by Crippen LogP contribution is -2.28. The van der Waals surface area contributed by atoms with Crippen LogP contribution >= 0.6 is 0 Å². The second-order valence-corrected chi connectivity index (χ2v) is 3.20. The van der Waals surface area contributed by atoms with Crippen LogP contribution in [0.25, 0.3) is 0 Å². The first kappa shape index (κ1) is 9.10. The van der Waals surface area contributed by atoms with Gasteiger partial charge in [-0.1, -0.05) is 26.3 Å². The topological polar surface area (TPSA) is 41.6 Å². The molecule has 0 fully saturated rings. The highest BCUT2D eigenvalue weighted by molar-refractivity contribution is 5.82. The molecule has 0 aromatic rings. The number of unbranched alkanes of at least 4 members (excludes halogenated alkanes) is 1. The van der Waals surface area contributed by atoms with Crippen LogP contribution in [-0.2, 0) is 0 Å². The summed E-state index contributed by atoms with van der Waals surface area (Å²) in [6.07, 6.45) is 3.46. The molecule has 0 bridgehead atoms. The van der Waals surface area contributed by atoms with E-state index in [9.17, 15) is 0 Å². The summed E-state index contributed by atoms with van der Waals surface area (Å²) in [5, 5.41) is 0. The molecule has 12 heavy (non-hydrogen) atoms. The number of likely N-dealkylation sites (N-methyl/N-ethyl adjacent to an activating group) is 1. The lowest BCUT2D eigenvalue weighted by molar-refractivity contribution is 0.563. The van der Waals surface area contributed by atoms with Crippen molar-refractivity contribution >= 4 is 5.96 Å². The Bertz CT molecular complexity index is 208. The monoisotopic (exact) mass is 167 g/mol. The van der Waals surface area contributed by atoms with Crippen molar-refractivity contribution in [3.63, 3.8) is 0 Å². The average Bonchev–Trinajstić information content (AvgIpc) is 2.30. The number of nitrogens with two attached hydrogens (primary N) is 1. The van der Waals surface area contributed by atoms with Gasteiger partial charge in [0.2, 0.25) is 0 Å². The number of aliphatic imine (C=N–C) groups is 1. The van der Waals surface area contributed by atoms with E-state index >= 15 is 0 Å². The number of rotatable bonds is 3. The van der Waals surface area contributed by atoms with E-state index in [1.54, 1.807) is 0 Å². The summed E-state index contributed by atoms with van der Waals surface area (Å²) in [5.74, 6) is 0.598. The van der Waals surface area contributed by atoms with Crippen LogP contribution in [0.15, 0.2) is 17.3 Å². The highest BCUT2D eigenvalue weighted by Gasteiger charge is 2.23. The van der Waals surface area contributed by atoms with Crippen molar-refractivity contribution in [1.29, 1.82) is 0 Å². The summed E-state index contributed by atoms with van der Waals surface area (Å²) in [5.41, 5.74) is 6.67.